The lowest BCUT2D eigenvalue weighted by Crippen LogP contribution is -2.40. The summed E-state index contributed by atoms with van der Waals surface area (Å²) < 4.78 is 2.07. The highest BCUT2D eigenvalue weighted by molar-refractivity contribution is 5.81. The van der Waals surface area contributed by atoms with Crippen LogP contribution in [-0.4, -0.2) is 38.4 Å². The number of fused-ring (bicyclic) bond motifs is 1. The third-order valence-electron chi connectivity index (χ3n) is 5.73. The number of rotatable bonds is 2. The Bertz CT molecular complexity index is 754. The molecule has 2 aliphatic rings. The number of aryl methyl sites for hydroxylation is 1. The second-order valence-electron chi connectivity index (χ2n) is 7.24. The van der Waals surface area contributed by atoms with E-state index in [4.69, 9.17) is 5.73 Å². The minimum absolute atomic E-state index is 0.284. The number of hydrogen-bond donors (Lipinski definition) is 1. The molecule has 0 aromatic carbocycles. The van der Waals surface area contributed by atoms with Gasteiger partial charge in [0.2, 0.25) is 11.9 Å². The van der Waals surface area contributed by atoms with Crippen LogP contribution in [0.2, 0.25) is 0 Å². The number of nitrogens with two attached hydrogens (primary N) is 1. The molecule has 6 nitrogen and oxygen atoms in total. The average molecular weight is 327 g/mol. The molecule has 128 valence electrons. The van der Waals surface area contributed by atoms with Crippen molar-refractivity contribution in [2.24, 2.45) is 13.0 Å². The first kappa shape index (κ1) is 15.4. The second kappa shape index (κ2) is 6.07. The molecular weight excluding hydrogens is 302 g/mol. The van der Waals surface area contributed by atoms with Gasteiger partial charge in [0.05, 0.1) is 17.2 Å². The van der Waals surface area contributed by atoms with E-state index in [1.807, 2.05) is 7.05 Å². The van der Waals surface area contributed by atoms with Crippen LogP contribution in [0.25, 0.3) is 11.0 Å². The summed E-state index contributed by atoms with van der Waals surface area (Å²) in [6.07, 6.45) is 10.5. The van der Waals surface area contributed by atoms with Crippen LogP contribution in [0.15, 0.2) is 12.4 Å². The normalized spacial score (nSPS) is 20.1. The van der Waals surface area contributed by atoms with Gasteiger partial charge in [0, 0.05) is 32.3 Å². The summed E-state index contributed by atoms with van der Waals surface area (Å²) in [5.41, 5.74) is 9.00. The van der Waals surface area contributed by atoms with Crippen molar-refractivity contribution in [3.63, 3.8) is 0 Å². The summed E-state index contributed by atoms with van der Waals surface area (Å²) in [5, 5.41) is 0. The van der Waals surface area contributed by atoms with Gasteiger partial charge in [-0.25, -0.2) is 9.97 Å². The zero-order chi connectivity index (χ0) is 16.7. The Morgan fingerprint density at radius 1 is 1.21 bits per heavy atom. The number of carbonyl (C=O) groups excluding carboxylic acids is 1. The van der Waals surface area contributed by atoms with E-state index in [1.54, 1.807) is 6.20 Å². The van der Waals surface area contributed by atoms with Crippen LogP contribution in [0, 0.1) is 5.92 Å². The summed E-state index contributed by atoms with van der Waals surface area (Å²) in [5.74, 6) is 1.43. The number of aromatic nitrogens is 3. The third-order valence-corrected chi connectivity index (χ3v) is 5.73. The van der Waals surface area contributed by atoms with Crippen LogP contribution in [-0.2, 0) is 11.8 Å². The molecule has 1 saturated carbocycles. The number of likely N-dealkylation sites (tertiary alicyclic amines) is 1. The van der Waals surface area contributed by atoms with Gasteiger partial charge in [-0.1, -0.05) is 12.8 Å². The number of nitrogens with zero attached hydrogens (tertiary/aromatic N) is 4. The largest absolute Gasteiger partial charge is 0.368 e. The van der Waals surface area contributed by atoms with Crippen LogP contribution in [0.4, 0.5) is 5.95 Å². The van der Waals surface area contributed by atoms with Crippen molar-refractivity contribution >= 4 is 22.9 Å². The van der Waals surface area contributed by atoms with Crippen LogP contribution >= 0.6 is 0 Å². The molecule has 4 rings (SSSR count). The minimum atomic E-state index is 0.284. The zero-order valence-electron chi connectivity index (χ0n) is 14.2. The fraction of sp³-hybridized carbons (Fsp3) is 0.611. The first-order valence-corrected chi connectivity index (χ1v) is 8.99. The molecule has 2 N–H and O–H groups in total. The minimum Gasteiger partial charge on any atom is -0.368 e. The summed E-state index contributed by atoms with van der Waals surface area (Å²) in [6, 6.07) is 0. The summed E-state index contributed by atoms with van der Waals surface area (Å²) in [6.45, 7) is 1.72. The van der Waals surface area contributed by atoms with Crippen LogP contribution < -0.4 is 5.73 Å². The van der Waals surface area contributed by atoms with Crippen molar-refractivity contribution < 1.29 is 4.79 Å². The first-order chi connectivity index (χ1) is 11.6. The standard InChI is InChI=1S/C18H25N5O/c1-22-11-14(16-15(22)10-20-18(19)21-16)12-6-8-23(9-7-12)17(24)13-4-2-3-5-13/h10-13H,2-9H2,1H3,(H2,19,20,21). The van der Waals surface area contributed by atoms with E-state index in [2.05, 4.69) is 25.6 Å². The smallest absolute Gasteiger partial charge is 0.225 e. The molecule has 0 radical (unpaired) electrons. The summed E-state index contributed by atoms with van der Waals surface area (Å²) >= 11 is 0. The number of amides is 1. The van der Waals surface area contributed by atoms with Crippen molar-refractivity contribution in [3.05, 3.63) is 18.0 Å². The maximum absolute atomic E-state index is 12.6. The Balaban J connectivity index is 1.50. The fourth-order valence-corrected chi connectivity index (χ4v) is 4.34. The Morgan fingerprint density at radius 2 is 1.92 bits per heavy atom. The molecule has 1 aliphatic heterocycles. The number of hydrogen-bond acceptors (Lipinski definition) is 4. The molecule has 24 heavy (non-hydrogen) atoms. The number of nitrogen functional groups attached to an aromatic ring is 1. The highest BCUT2D eigenvalue weighted by Crippen LogP contribution is 2.35. The topological polar surface area (TPSA) is 77.0 Å². The Kier molecular flexibility index (Phi) is 3.90. The van der Waals surface area contributed by atoms with Crippen LogP contribution in [0.3, 0.4) is 0 Å². The molecule has 3 heterocycles. The van der Waals surface area contributed by atoms with E-state index in [9.17, 15) is 4.79 Å². The SMILES string of the molecule is Cn1cc(C2CCN(C(=O)C3CCCC3)CC2)c2nc(N)ncc21. The van der Waals surface area contributed by atoms with E-state index < -0.39 is 0 Å². The molecule has 0 unspecified atom stereocenters. The van der Waals surface area contributed by atoms with Gasteiger partial charge in [-0.2, -0.15) is 0 Å². The van der Waals surface area contributed by atoms with Crippen LogP contribution in [0.5, 0.6) is 0 Å². The van der Waals surface area contributed by atoms with Gasteiger partial charge in [0.25, 0.3) is 0 Å². The monoisotopic (exact) mass is 327 g/mol. The van der Waals surface area contributed by atoms with Crippen molar-refractivity contribution in [2.75, 3.05) is 18.8 Å². The Labute approximate surface area is 142 Å². The maximum atomic E-state index is 12.6. The predicted molar refractivity (Wildman–Crippen MR) is 93.4 cm³/mol. The van der Waals surface area contributed by atoms with Gasteiger partial charge in [0.1, 0.15) is 0 Å². The zero-order valence-corrected chi connectivity index (χ0v) is 14.2. The predicted octanol–water partition coefficient (Wildman–Crippen LogP) is 2.45. The van der Waals surface area contributed by atoms with Crippen molar-refractivity contribution in [1.82, 2.24) is 19.4 Å². The van der Waals surface area contributed by atoms with E-state index >= 15 is 0 Å². The Hall–Kier alpha value is -2.11. The molecule has 1 amide bonds. The van der Waals surface area contributed by atoms with Gasteiger partial charge in [0.15, 0.2) is 0 Å². The van der Waals surface area contributed by atoms with Crippen LogP contribution in [0.1, 0.15) is 50.0 Å². The number of piperidine rings is 1. The van der Waals surface area contributed by atoms with Gasteiger partial charge in [-0.05, 0) is 37.2 Å². The lowest BCUT2D eigenvalue weighted by molar-refractivity contribution is -0.136. The molecule has 0 atom stereocenters. The molecule has 2 aromatic rings. The molecular formula is C18H25N5O. The number of anilines is 1. The van der Waals surface area contributed by atoms with E-state index in [0.29, 0.717) is 17.8 Å². The van der Waals surface area contributed by atoms with Gasteiger partial charge in [-0.15, -0.1) is 0 Å². The molecule has 0 spiro atoms. The molecule has 1 aliphatic carbocycles. The van der Waals surface area contributed by atoms with Crippen molar-refractivity contribution in [2.45, 2.75) is 44.4 Å². The van der Waals surface area contributed by atoms with Gasteiger partial charge < -0.3 is 15.2 Å². The molecule has 6 heteroatoms. The highest BCUT2D eigenvalue weighted by atomic mass is 16.2. The van der Waals surface area contributed by atoms with E-state index in [1.165, 1.54) is 18.4 Å². The lowest BCUT2D eigenvalue weighted by atomic mass is 9.90. The third kappa shape index (κ3) is 2.64. The van der Waals surface area contributed by atoms with E-state index in [0.717, 1.165) is 49.8 Å². The highest BCUT2D eigenvalue weighted by Gasteiger charge is 2.31. The van der Waals surface area contributed by atoms with E-state index in [-0.39, 0.29) is 5.92 Å². The summed E-state index contributed by atoms with van der Waals surface area (Å²) in [4.78, 5) is 23.2. The molecule has 2 aromatic heterocycles. The average Bonchev–Trinajstić information content (AvgIpc) is 3.23. The quantitative estimate of drug-likeness (QED) is 0.919. The van der Waals surface area contributed by atoms with Gasteiger partial charge >= 0.3 is 0 Å². The maximum Gasteiger partial charge on any atom is 0.225 e. The summed E-state index contributed by atoms with van der Waals surface area (Å²) in [7, 11) is 2.02. The van der Waals surface area contributed by atoms with Crippen molar-refractivity contribution in [3.8, 4) is 0 Å². The second-order valence-corrected chi connectivity index (χ2v) is 7.24. The first-order valence-electron chi connectivity index (χ1n) is 8.99. The van der Waals surface area contributed by atoms with Gasteiger partial charge in [-0.3, -0.25) is 4.79 Å². The molecule has 1 saturated heterocycles. The number of carbonyl (C=O) groups is 1. The Morgan fingerprint density at radius 3 is 2.62 bits per heavy atom. The molecule has 0 bridgehead atoms. The molecule has 2 fully saturated rings. The fourth-order valence-electron chi connectivity index (χ4n) is 4.34. The lowest BCUT2D eigenvalue weighted by Gasteiger charge is -2.33. The van der Waals surface area contributed by atoms with Crippen molar-refractivity contribution in [1.29, 1.82) is 0 Å².